The Kier molecular flexibility index (Phi) is 5.62. The zero-order valence-corrected chi connectivity index (χ0v) is 21.3. The average Bonchev–Trinajstić information content (AvgIpc) is 3.41. The van der Waals surface area contributed by atoms with Gasteiger partial charge < -0.3 is 10.2 Å². The van der Waals surface area contributed by atoms with Crippen molar-refractivity contribution in [1.82, 2.24) is 25.2 Å². The van der Waals surface area contributed by atoms with Crippen molar-refractivity contribution in [2.75, 3.05) is 13.6 Å². The fraction of sp³-hybridized carbons (Fsp3) is 0.429. The van der Waals surface area contributed by atoms with Crippen molar-refractivity contribution in [1.29, 1.82) is 5.26 Å². The number of hydrogen-bond acceptors (Lipinski definition) is 5. The van der Waals surface area contributed by atoms with Gasteiger partial charge in [0.15, 0.2) is 5.69 Å². The predicted molar refractivity (Wildman–Crippen MR) is 137 cm³/mol. The lowest BCUT2D eigenvalue weighted by atomic mass is 9.74. The standard InChI is InChI=1S/C28H29ClN6O/c1-17(18-4-6-25-21(9-18)14-34(2)16-28(25)7-8-28)35-15-26(32-33-35)27(36)31-23-10-20(11-23)24-12-22(29)5-3-19(24)13-30/h3-6,9,12,15,17,20,23H,7-8,10-11,14,16H2,1-2H3,(H,31,36)/t17-,20?,23?/m1/s1. The summed E-state index contributed by atoms with van der Waals surface area (Å²) in [4.78, 5) is 15.3. The molecule has 1 aromatic heterocycles. The van der Waals surface area contributed by atoms with Crippen molar-refractivity contribution >= 4 is 17.5 Å². The van der Waals surface area contributed by atoms with Gasteiger partial charge in [0, 0.05) is 29.6 Å². The third-order valence-corrected chi connectivity index (χ3v) is 8.47. The molecule has 1 amide bonds. The number of hydrogen-bond donors (Lipinski definition) is 1. The van der Waals surface area contributed by atoms with Crippen LogP contribution in [-0.2, 0) is 12.0 Å². The van der Waals surface area contributed by atoms with Crippen molar-refractivity contribution in [3.05, 3.63) is 81.1 Å². The van der Waals surface area contributed by atoms with Crippen LogP contribution in [0.4, 0.5) is 0 Å². The van der Waals surface area contributed by atoms with Crippen LogP contribution in [0.1, 0.15) is 82.9 Å². The van der Waals surface area contributed by atoms with E-state index in [0.717, 1.165) is 31.5 Å². The van der Waals surface area contributed by atoms with Gasteiger partial charge >= 0.3 is 0 Å². The predicted octanol–water partition coefficient (Wildman–Crippen LogP) is 4.57. The van der Waals surface area contributed by atoms with Crippen molar-refractivity contribution in [2.24, 2.45) is 0 Å². The van der Waals surface area contributed by atoms with Gasteiger partial charge in [-0.05, 0) is 86.0 Å². The maximum atomic E-state index is 12.8. The maximum absolute atomic E-state index is 12.8. The van der Waals surface area contributed by atoms with E-state index in [-0.39, 0.29) is 23.9 Å². The van der Waals surface area contributed by atoms with E-state index in [1.165, 1.54) is 29.5 Å². The van der Waals surface area contributed by atoms with E-state index in [1.807, 2.05) is 6.07 Å². The number of nitrogens with one attached hydrogen (secondary N) is 1. The van der Waals surface area contributed by atoms with Crippen molar-refractivity contribution in [2.45, 2.75) is 62.6 Å². The molecule has 6 rings (SSSR count). The van der Waals surface area contributed by atoms with E-state index in [9.17, 15) is 10.1 Å². The lowest BCUT2D eigenvalue weighted by Crippen LogP contribution is -2.43. The Morgan fingerprint density at radius 3 is 2.81 bits per heavy atom. The van der Waals surface area contributed by atoms with Crippen molar-refractivity contribution in [3.63, 3.8) is 0 Å². The molecule has 0 saturated heterocycles. The number of carbonyl (C=O) groups excluding carboxylic acids is 1. The molecule has 2 saturated carbocycles. The molecule has 0 unspecified atom stereocenters. The van der Waals surface area contributed by atoms with E-state index in [0.29, 0.717) is 21.7 Å². The highest BCUT2D eigenvalue weighted by Crippen LogP contribution is 2.52. The third-order valence-electron chi connectivity index (χ3n) is 8.24. The molecule has 8 heteroatoms. The Morgan fingerprint density at radius 2 is 2.06 bits per heavy atom. The van der Waals surface area contributed by atoms with Gasteiger partial charge in [-0.15, -0.1) is 5.10 Å². The van der Waals surface area contributed by atoms with Crippen LogP contribution in [0.2, 0.25) is 5.02 Å². The summed E-state index contributed by atoms with van der Waals surface area (Å²) in [6.45, 7) is 4.21. The Balaban J connectivity index is 1.10. The van der Waals surface area contributed by atoms with Crippen LogP contribution in [0.3, 0.4) is 0 Å². The summed E-state index contributed by atoms with van der Waals surface area (Å²) in [5, 5.41) is 21.5. The molecule has 2 aromatic carbocycles. The summed E-state index contributed by atoms with van der Waals surface area (Å²) in [6.07, 6.45) is 5.84. The number of fused-ring (bicyclic) bond motifs is 2. The van der Waals surface area contributed by atoms with Crippen LogP contribution in [-0.4, -0.2) is 45.4 Å². The fourth-order valence-electron chi connectivity index (χ4n) is 5.99. The van der Waals surface area contributed by atoms with Gasteiger partial charge in [-0.1, -0.05) is 35.0 Å². The number of carbonyl (C=O) groups is 1. The van der Waals surface area contributed by atoms with Crippen LogP contribution < -0.4 is 5.32 Å². The number of rotatable bonds is 5. The first kappa shape index (κ1) is 23.2. The molecule has 3 aromatic rings. The third kappa shape index (κ3) is 4.08. The largest absolute Gasteiger partial charge is 0.348 e. The molecule has 3 aliphatic rings. The van der Waals surface area contributed by atoms with Gasteiger partial charge in [-0.2, -0.15) is 5.26 Å². The summed E-state index contributed by atoms with van der Waals surface area (Å²) in [5.41, 5.74) is 6.38. The summed E-state index contributed by atoms with van der Waals surface area (Å²) >= 11 is 6.13. The number of amides is 1. The molecule has 2 fully saturated rings. The van der Waals surface area contributed by atoms with E-state index in [1.54, 1.807) is 23.0 Å². The van der Waals surface area contributed by atoms with Crippen LogP contribution in [0.5, 0.6) is 0 Å². The number of benzene rings is 2. The van der Waals surface area contributed by atoms with Crippen LogP contribution in [0.15, 0.2) is 42.6 Å². The monoisotopic (exact) mass is 500 g/mol. The second-order valence-electron chi connectivity index (χ2n) is 10.8. The number of nitrogens with zero attached hydrogens (tertiary/aromatic N) is 5. The van der Waals surface area contributed by atoms with Gasteiger partial charge in [0.2, 0.25) is 0 Å². The zero-order valence-electron chi connectivity index (χ0n) is 20.5. The quantitative estimate of drug-likeness (QED) is 0.554. The highest BCUT2D eigenvalue weighted by molar-refractivity contribution is 6.30. The minimum absolute atomic E-state index is 0.0212. The van der Waals surface area contributed by atoms with Gasteiger partial charge in [-0.25, -0.2) is 4.68 Å². The first-order valence-electron chi connectivity index (χ1n) is 12.6. The Bertz CT molecular complexity index is 1380. The molecular weight excluding hydrogens is 472 g/mol. The van der Waals surface area contributed by atoms with Gasteiger partial charge in [-0.3, -0.25) is 4.79 Å². The Hall–Kier alpha value is -3.21. The minimum atomic E-state index is -0.216. The normalized spacial score (nSPS) is 22.8. The molecule has 7 nitrogen and oxygen atoms in total. The summed E-state index contributed by atoms with van der Waals surface area (Å²) < 4.78 is 1.77. The van der Waals surface area contributed by atoms with Crippen molar-refractivity contribution < 1.29 is 4.79 Å². The fourth-order valence-corrected chi connectivity index (χ4v) is 6.17. The summed E-state index contributed by atoms with van der Waals surface area (Å²) in [7, 11) is 2.20. The molecular formula is C28H29ClN6O. The molecule has 1 aliphatic heterocycles. The highest BCUT2D eigenvalue weighted by Gasteiger charge is 2.48. The summed E-state index contributed by atoms with van der Waals surface area (Å²) in [5.74, 6) is 0.00317. The minimum Gasteiger partial charge on any atom is -0.348 e. The number of halogens is 1. The lowest BCUT2D eigenvalue weighted by molar-refractivity contribution is 0.0903. The first-order chi connectivity index (χ1) is 17.3. The second kappa shape index (κ2) is 8.72. The van der Waals surface area contributed by atoms with E-state index in [2.05, 4.69) is 58.8 Å². The van der Waals surface area contributed by atoms with Crippen LogP contribution in [0.25, 0.3) is 0 Å². The smallest absolute Gasteiger partial charge is 0.273 e. The topological polar surface area (TPSA) is 86.8 Å². The molecule has 184 valence electrons. The molecule has 1 N–H and O–H groups in total. The Morgan fingerprint density at radius 1 is 1.25 bits per heavy atom. The average molecular weight is 501 g/mol. The van der Waals surface area contributed by atoms with Crippen molar-refractivity contribution in [3.8, 4) is 6.07 Å². The summed E-state index contributed by atoms with van der Waals surface area (Å²) in [6, 6.07) is 14.4. The molecule has 2 aliphatic carbocycles. The Labute approximate surface area is 216 Å². The lowest BCUT2D eigenvalue weighted by Gasteiger charge is -2.36. The maximum Gasteiger partial charge on any atom is 0.273 e. The number of nitriles is 1. The molecule has 0 radical (unpaired) electrons. The van der Waals surface area contributed by atoms with Crippen LogP contribution >= 0.6 is 11.6 Å². The van der Waals surface area contributed by atoms with Gasteiger partial charge in [0.05, 0.1) is 23.9 Å². The number of aromatic nitrogens is 3. The van der Waals surface area contributed by atoms with E-state index < -0.39 is 0 Å². The SMILES string of the molecule is C[C@H](c1ccc2c(c1)CN(C)CC21CC1)n1cc(C(=O)NC2CC(c3cc(Cl)ccc3C#N)C2)nn1. The van der Waals surface area contributed by atoms with Crippen LogP contribution in [0, 0.1) is 11.3 Å². The number of likely N-dealkylation sites (N-methyl/N-ethyl adjacent to an activating group) is 1. The molecule has 0 bridgehead atoms. The molecule has 36 heavy (non-hydrogen) atoms. The van der Waals surface area contributed by atoms with Gasteiger partial charge in [0.1, 0.15) is 0 Å². The van der Waals surface area contributed by atoms with E-state index in [4.69, 9.17) is 11.6 Å². The molecule has 2 heterocycles. The highest BCUT2D eigenvalue weighted by atomic mass is 35.5. The zero-order chi connectivity index (χ0) is 25.0. The second-order valence-corrected chi connectivity index (χ2v) is 11.2. The van der Waals surface area contributed by atoms with Gasteiger partial charge in [0.25, 0.3) is 5.91 Å². The first-order valence-corrected chi connectivity index (χ1v) is 13.0. The molecule has 1 spiro atoms. The van der Waals surface area contributed by atoms with E-state index >= 15 is 0 Å². The molecule has 1 atom stereocenters.